The van der Waals surface area contributed by atoms with Crippen LogP contribution >= 0.6 is 22.9 Å². The van der Waals surface area contributed by atoms with Crippen LogP contribution in [0.1, 0.15) is 28.6 Å². The molecule has 2 rings (SSSR count). The lowest BCUT2D eigenvalue weighted by Gasteiger charge is -2.14. The van der Waals surface area contributed by atoms with E-state index in [1.54, 1.807) is 35.7 Å². The molecule has 8 heteroatoms. The van der Waals surface area contributed by atoms with E-state index < -0.39 is 18.0 Å². The molecule has 1 heterocycles. The summed E-state index contributed by atoms with van der Waals surface area (Å²) < 4.78 is 5.07. The molecule has 0 bridgehead atoms. The summed E-state index contributed by atoms with van der Waals surface area (Å²) in [6, 6.07) is 10.6. The molecule has 0 spiro atoms. The second-order valence-corrected chi connectivity index (χ2v) is 6.78. The Morgan fingerprint density at radius 2 is 1.92 bits per heavy atom. The van der Waals surface area contributed by atoms with Crippen LogP contribution in [0.3, 0.4) is 0 Å². The Bertz CT molecular complexity index is 764. The van der Waals surface area contributed by atoms with E-state index >= 15 is 0 Å². The number of halogens is 1. The van der Waals surface area contributed by atoms with Crippen molar-refractivity contribution in [3.63, 3.8) is 0 Å². The average molecular weight is 395 g/mol. The first-order valence-corrected chi connectivity index (χ1v) is 9.25. The van der Waals surface area contributed by atoms with Crippen LogP contribution in [0.15, 0.2) is 41.8 Å². The number of thiophene rings is 1. The third-order valence-corrected chi connectivity index (χ3v) is 4.69. The highest BCUT2D eigenvalue weighted by Gasteiger charge is 2.18. The zero-order valence-electron chi connectivity index (χ0n) is 14.2. The number of carbonyl (C=O) groups excluding carboxylic acids is 3. The number of esters is 1. The highest BCUT2D eigenvalue weighted by atomic mass is 35.5. The molecule has 1 aromatic carbocycles. The molecule has 2 N–H and O–H groups in total. The molecule has 0 aliphatic rings. The number of rotatable bonds is 8. The first-order valence-electron chi connectivity index (χ1n) is 7.99. The van der Waals surface area contributed by atoms with Gasteiger partial charge in [0.1, 0.15) is 0 Å². The van der Waals surface area contributed by atoms with E-state index in [1.165, 1.54) is 18.3 Å². The van der Waals surface area contributed by atoms with Gasteiger partial charge in [0.25, 0.3) is 11.8 Å². The molecule has 0 radical (unpaired) electrons. The van der Waals surface area contributed by atoms with Crippen LogP contribution in [0.5, 0.6) is 0 Å². The molecule has 0 fully saturated rings. The number of hydrogen-bond acceptors (Lipinski definition) is 5. The topological polar surface area (TPSA) is 84.5 Å². The van der Waals surface area contributed by atoms with E-state index in [4.69, 9.17) is 16.3 Å². The summed E-state index contributed by atoms with van der Waals surface area (Å²) in [5.74, 6) is -1.21. The number of benzene rings is 1. The Hall–Kier alpha value is -2.38. The van der Waals surface area contributed by atoms with Crippen LogP contribution < -0.4 is 10.6 Å². The third-order valence-electron chi connectivity index (χ3n) is 3.45. The van der Waals surface area contributed by atoms with Crippen molar-refractivity contribution in [1.29, 1.82) is 0 Å². The van der Waals surface area contributed by atoms with Gasteiger partial charge < -0.3 is 15.4 Å². The Morgan fingerprint density at radius 1 is 1.15 bits per heavy atom. The Kier molecular flexibility index (Phi) is 7.62. The van der Waals surface area contributed by atoms with Crippen molar-refractivity contribution >= 4 is 40.7 Å². The fraction of sp³-hybridized carbons (Fsp3) is 0.278. The lowest BCUT2D eigenvalue weighted by molar-refractivity contribution is -0.154. The van der Waals surface area contributed by atoms with Crippen molar-refractivity contribution in [2.24, 2.45) is 0 Å². The SMILES string of the molecule is CC(OC(=O)CCNC(=O)c1cccs1)C(=O)NCc1ccccc1Cl. The van der Waals surface area contributed by atoms with Gasteiger partial charge in [-0.25, -0.2) is 0 Å². The third kappa shape index (κ3) is 6.16. The fourth-order valence-electron chi connectivity index (χ4n) is 2.05. The van der Waals surface area contributed by atoms with E-state index in [0.29, 0.717) is 9.90 Å². The zero-order chi connectivity index (χ0) is 18.9. The Labute approximate surface area is 160 Å². The van der Waals surface area contributed by atoms with Gasteiger partial charge in [0.15, 0.2) is 6.10 Å². The molecular formula is C18H19ClN2O4S. The Balaban J connectivity index is 1.68. The van der Waals surface area contributed by atoms with Crippen molar-refractivity contribution in [2.45, 2.75) is 26.0 Å². The maximum atomic E-state index is 12.0. The first-order chi connectivity index (χ1) is 12.5. The minimum absolute atomic E-state index is 0.0146. The molecule has 1 unspecified atom stereocenters. The standard InChI is InChI=1S/C18H19ClN2O4S/c1-12(17(23)21-11-13-5-2-3-6-14(13)19)25-16(22)8-9-20-18(24)15-7-4-10-26-15/h2-7,10,12H,8-9,11H2,1H3,(H,20,24)(H,21,23). The van der Waals surface area contributed by atoms with Crippen molar-refractivity contribution in [3.05, 3.63) is 57.2 Å². The number of carbonyl (C=O) groups is 3. The molecule has 0 saturated carbocycles. The van der Waals surface area contributed by atoms with Crippen LogP contribution in [0.2, 0.25) is 5.02 Å². The highest BCUT2D eigenvalue weighted by molar-refractivity contribution is 7.12. The van der Waals surface area contributed by atoms with E-state index in [-0.39, 0.29) is 25.4 Å². The van der Waals surface area contributed by atoms with Gasteiger partial charge in [-0.05, 0) is 30.0 Å². The van der Waals surface area contributed by atoms with Crippen LogP contribution in [0.25, 0.3) is 0 Å². The molecule has 26 heavy (non-hydrogen) atoms. The van der Waals surface area contributed by atoms with E-state index in [1.807, 2.05) is 6.07 Å². The summed E-state index contributed by atoms with van der Waals surface area (Å²) in [5.41, 5.74) is 0.775. The average Bonchev–Trinajstić information content (AvgIpc) is 3.15. The predicted octanol–water partition coefficient (Wildman–Crippen LogP) is 2.77. The lowest BCUT2D eigenvalue weighted by atomic mass is 10.2. The largest absolute Gasteiger partial charge is 0.452 e. The Morgan fingerprint density at radius 3 is 2.62 bits per heavy atom. The van der Waals surface area contributed by atoms with Gasteiger partial charge in [0, 0.05) is 18.1 Å². The summed E-state index contributed by atoms with van der Waals surface area (Å²) >= 11 is 7.34. The van der Waals surface area contributed by atoms with Crippen molar-refractivity contribution in [2.75, 3.05) is 6.54 Å². The molecule has 1 atom stereocenters. The van der Waals surface area contributed by atoms with Crippen LogP contribution in [0.4, 0.5) is 0 Å². The monoisotopic (exact) mass is 394 g/mol. The van der Waals surface area contributed by atoms with Gasteiger partial charge >= 0.3 is 5.97 Å². The maximum Gasteiger partial charge on any atom is 0.308 e. The number of nitrogens with one attached hydrogen (secondary N) is 2. The van der Waals surface area contributed by atoms with Crippen LogP contribution in [0, 0.1) is 0 Å². The van der Waals surface area contributed by atoms with Gasteiger partial charge in [-0.2, -0.15) is 0 Å². The van der Waals surface area contributed by atoms with Gasteiger partial charge in [0.05, 0.1) is 11.3 Å². The summed E-state index contributed by atoms with van der Waals surface area (Å²) in [7, 11) is 0. The van der Waals surface area contributed by atoms with Crippen molar-refractivity contribution in [3.8, 4) is 0 Å². The van der Waals surface area contributed by atoms with E-state index in [0.717, 1.165) is 5.56 Å². The molecule has 0 saturated heterocycles. The van der Waals surface area contributed by atoms with Crippen molar-refractivity contribution in [1.82, 2.24) is 10.6 Å². The van der Waals surface area contributed by atoms with Gasteiger partial charge in [-0.3, -0.25) is 14.4 Å². The van der Waals surface area contributed by atoms with Crippen LogP contribution in [-0.4, -0.2) is 30.4 Å². The first kappa shape index (κ1) is 19.9. The summed E-state index contributed by atoms with van der Waals surface area (Å²) in [6.07, 6.45) is -0.947. The molecule has 0 aliphatic heterocycles. The molecule has 1 aromatic heterocycles. The van der Waals surface area contributed by atoms with Gasteiger partial charge in [0.2, 0.25) is 0 Å². The smallest absolute Gasteiger partial charge is 0.308 e. The maximum absolute atomic E-state index is 12.0. The lowest BCUT2D eigenvalue weighted by Crippen LogP contribution is -2.36. The molecule has 138 valence electrons. The highest BCUT2D eigenvalue weighted by Crippen LogP contribution is 2.14. The second-order valence-electron chi connectivity index (χ2n) is 5.42. The van der Waals surface area contributed by atoms with Gasteiger partial charge in [-0.15, -0.1) is 11.3 Å². The number of amides is 2. The minimum atomic E-state index is -0.932. The number of ether oxygens (including phenoxy) is 1. The summed E-state index contributed by atoms with van der Waals surface area (Å²) in [4.78, 5) is 36.1. The summed E-state index contributed by atoms with van der Waals surface area (Å²) in [6.45, 7) is 1.88. The normalized spacial score (nSPS) is 11.5. The van der Waals surface area contributed by atoms with Crippen LogP contribution in [-0.2, 0) is 20.9 Å². The quantitative estimate of drug-likeness (QED) is 0.674. The molecule has 0 aliphatic carbocycles. The van der Waals surface area contributed by atoms with Crippen molar-refractivity contribution < 1.29 is 19.1 Å². The van der Waals surface area contributed by atoms with Gasteiger partial charge in [-0.1, -0.05) is 35.9 Å². The predicted molar refractivity (Wildman–Crippen MR) is 100 cm³/mol. The minimum Gasteiger partial charge on any atom is -0.452 e. The molecule has 6 nitrogen and oxygen atoms in total. The van der Waals surface area contributed by atoms with E-state index in [2.05, 4.69) is 10.6 Å². The second kappa shape index (κ2) is 9.94. The fourth-order valence-corrected chi connectivity index (χ4v) is 2.89. The molecule has 2 aromatic rings. The molecule has 2 amide bonds. The summed E-state index contributed by atoms with van der Waals surface area (Å²) in [5, 5.41) is 7.65. The van der Waals surface area contributed by atoms with E-state index in [9.17, 15) is 14.4 Å². The molecular weight excluding hydrogens is 376 g/mol. The zero-order valence-corrected chi connectivity index (χ0v) is 15.7. The number of hydrogen-bond donors (Lipinski definition) is 2.